The van der Waals surface area contributed by atoms with Crippen molar-refractivity contribution in [3.63, 3.8) is 0 Å². The number of ether oxygens (including phenoxy) is 2. The van der Waals surface area contributed by atoms with E-state index in [1.165, 1.54) is 11.3 Å². The van der Waals surface area contributed by atoms with Gasteiger partial charge in [-0.2, -0.15) is 0 Å². The Balaban J connectivity index is 2.26. The molecule has 118 valence electrons. The van der Waals surface area contributed by atoms with Gasteiger partial charge in [0.25, 0.3) is 0 Å². The zero-order valence-corrected chi connectivity index (χ0v) is 13.7. The molecule has 1 unspecified atom stereocenters. The van der Waals surface area contributed by atoms with E-state index in [2.05, 4.69) is 42.3 Å². The molecule has 0 bridgehead atoms. The molecule has 1 aromatic carbocycles. The van der Waals surface area contributed by atoms with Gasteiger partial charge in [-0.05, 0) is 38.4 Å². The monoisotopic (exact) mass is 292 g/mol. The first-order chi connectivity index (χ1) is 10.2. The van der Waals surface area contributed by atoms with Crippen molar-refractivity contribution in [2.45, 2.75) is 38.8 Å². The van der Waals surface area contributed by atoms with Crippen LogP contribution in [0.15, 0.2) is 18.2 Å². The molecule has 4 nitrogen and oxygen atoms in total. The normalized spacial score (nSPS) is 17.8. The molecule has 1 saturated heterocycles. The Kier molecular flexibility index (Phi) is 5.88. The van der Waals surface area contributed by atoms with Crippen LogP contribution in [0, 0.1) is 0 Å². The summed E-state index contributed by atoms with van der Waals surface area (Å²) in [4.78, 5) is 2.46. The Hall–Kier alpha value is -1.26. The lowest BCUT2D eigenvalue weighted by molar-refractivity contribution is 0.0819. The fourth-order valence-corrected chi connectivity index (χ4v) is 3.16. The highest BCUT2D eigenvalue weighted by atomic mass is 16.5. The van der Waals surface area contributed by atoms with E-state index in [1.54, 1.807) is 7.11 Å². The molecule has 1 aliphatic rings. The number of piperidine rings is 1. The summed E-state index contributed by atoms with van der Waals surface area (Å²) in [5.74, 6) is 0.967. The molecule has 0 radical (unpaired) electrons. The highest BCUT2D eigenvalue weighted by Crippen LogP contribution is 2.35. The van der Waals surface area contributed by atoms with Crippen LogP contribution in [0.25, 0.3) is 0 Å². The number of nitrogens with zero attached hydrogens (tertiary/aromatic N) is 1. The number of hydrogen-bond acceptors (Lipinski definition) is 4. The Morgan fingerprint density at radius 2 is 2.00 bits per heavy atom. The summed E-state index contributed by atoms with van der Waals surface area (Å²) in [5, 5.41) is 3.50. The summed E-state index contributed by atoms with van der Waals surface area (Å²) in [5.41, 5.74) is 2.55. The van der Waals surface area contributed by atoms with E-state index >= 15 is 0 Å². The van der Waals surface area contributed by atoms with Gasteiger partial charge in [-0.1, -0.05) is 13.0 Å². The number of methoxy groups -OCH3 is 2. The second-order valence-electron chi connectivity index (χ2n) is 5.59. The van der Waals surface area contributed by atoms with Gasteiger partial charge in [0.15, 0.2) is 0 Å². The Morgan fingerprint density at radius 3 is 2.57 bits per heavy atom. The fraction of sp³-hybridized carbons (Fsp3) is 0.647. The smallest absolute Gasteiger partial charge is 0.125 e. The van der Waals surface area contributed by atoms with Crippen molar-refractivity contribution in [2.75, 3.05) is 38.8 Å². The number of benzene rings is 1. The number of anilines is 1. The molecule has 1 heterocycles. The predicted octanol–water partition coefficient (Wildman–Crippen LogP) is 2.98. The lowest BCUT2D eigenvalue weighted by Gasteiger charge is -2.35. The summed E-state index contributed by atoms with van der Waals surface area (Å²) in [6.45, 7) is 7.36. The molecule has 1 atom stereocenters. The van der Waals surface area contributed by atoms with Gasteiger partial charge in [-0.15, -0.1) is 0 Å². The van der Waals surface area contributed by atoms with Crippen LogP contribution in [0.1, 0.15) is 38.3 Å². The third-order valence-corrected chi connectivity index (χ3v) is 4.32. The first-order valence-corrected chi connectivity index (χ1v) is 7.89. The van der Waals surface area contributed by atoms with E-state index in [0.717, 1.165) is 38.2 Å². The van der Waals surface area contributed by atoms with Crippen molar-refractivity contribution in [1.29, 1.82) is 0 Å². The minimum absolute atomic E-state index is 0.279. The molecule has 0 amide bonds. The van der Waals surface area contributed by atoms with Crippen molar-refractivity contribution < 1.29 is 9.47 Å². The Bertz CT molecular complexity index is 442. The zero-order valence-electron chi connectivity index (χ0n) is 13.7. The topological polar surface area (TPSA) is 33.7 Å². The SMILES string of the molecule is CCNC(C)c1c(OC)cccc1N1CCC(OC)CC1. The lowest BCUT2D eigenvalue weighted by Crippen LogP contribution is -2.37. The summed E-state index contributed by atoms with van der Waals surface area (Å²) in [6.07, 6.45) is 2.58. The van der Waals surface area contributed by atoms with Gasteiger partial charge in [-0.25, -0.2) is 0 Å². The maximum Gasteiger partial charge on any atom is 0.125 e. The molecule has 0 aliphatic carbocycles. The average molecular weight is 292 g/mol. The van der Waals surface area contributed by atoms with E-state index in [1.807, 2.05) is 7.11 Å². The second-order valence-corrected chi connectivity index (χ2v) is 5.59. The fourth-order valence-electron chi connectivity index (χ4n) is 3.16. The molecule has 1 N–H and O–H groups in total. The van der Waals surface area contributed by atoms with Gasteiger partial charge < -0.3 is 19.7 Å². The minimum atomic E-state index is 0.279. The predicted molar refractivity (Wildman–Crippen MR) is 87.3 cm³/mol. The van der Waals surface area contributed by atoms with E-state index in [4.69, 9.17) is 9.47 Å². The molecule has 2 rings (SSSR count). The minimum Gasteiger partial charge on any atom is -0.496 e. The molecule has 0 aromatic heterocycles. The van der Waals surface area contributed by atoms with Crippen LogP contribution in [-0.4, -0.2) is 40.0 Å². The van der Waals surface area contributed by atoms with Crippen LogP contribution in [0.2, 0.25) is 0 Å². The zero-order chi connectivity index (χ0) is 15.2. The number of hydrogen-bond donors (Lipinski definition) is 1. The maximum absolute atomic E-state index is 5.60. The number of nitrogens with one attached hydrogen (secondary N) is 1. The van der Waals surface area contributed by atoms with Crippen LogP contribution in [-0.2, 0) is 4.74 Å². The third kappa shape index (κ3) is 3.69. The van der Waals surface area contributed by atoms with Crippen molar-refractivity contribution in [1.82, 2.24) is 5.32 Å². The largest absolute Gasteiger partial charge is 0.496 e. The quantitative estimate of drug-likeness (QED) is 0.874. The molecule has 1 fully saturated rings. The van der Waals surface area contributed by atoms with Gasteiger partial charge in [0.1, 0.15) is 5.75 Å². The molecule has 4 heteroatoms. The number of rotatable bonds is 6. The van der Waals surface area contributed by atoms with Crippen molar-refractivity contribution in [2.24, 2.45) is 0 Å². The highest BCUT2D eigenvalue weighted by molar-refractivity contribution is 5.61. The average Bonchev–Trinajstić information content (AvgIpc) is 2.54. The molecule has 1 aromatic rings. The van der Waals surface area contributed by atoms with Crippen LogP contribution >= 0.6 is 0 Å². The van der Waals surface area contributed by atoms with Gasteiger partial charge in [0, 0.05) is 37.5 Å². The Morgan fingerprint density at radius 1 is 1.29 bits per heavy atom. The summed E-state index contributed by atoms with van der Waals surface area (Å²) >= 11 is 0. The van der Waals surface area contributed by atoms with Crippen LogP contribution in [0.5, 0.6) is 5.75 Å². The third-order valence-electron chi connectivity index (χ3n) is 4.32. The van der Waals surface area contributed by atoms with Crippen LogP contribution in [0.4, 0.5) is 5.69 Å². The first kappa shape index (κ1) is 16.1. The van der Waals surface area contributed by atoms with E-state index in [0.29, 0.717) is 6.10 Å². The second kappa shape index (κ2) is 7.66. The van der Waals surface area contributed by atoms with Gasteiger partial charge >= 0.3 is 0 Å². The Labute approximate surface area is 128 Å². The highest BCUT2D eigenvalue weighted by Gasteiger charge is 2.24. The summed E-state index contributed by atoms with van der Waals surface area (Å²) < 4.78 is 11.1. The maximum atomic E-state index is 5.60. The van der Waals surface area contributed by atoms with Crippen LogP contribution in [0.3, 0.4) is 0 Å². The summed E-state index contributed by atoms with van der Waals surface area (Å²) in [7, 11) is 3.56. The van der Waals surface area contributed by atoms with Gasteiger partial charge in [0.2, 0.25) is 0 Å². The van der Waals surface area contributed by atoms with E-state index < -0.39 is 0 Å². The van der Waals surface area contributed by atoms with Gasteiger partial charge in [0.05, 0.1) is 13.2 Å². The molecular weight excluding hydrogens is 264 g/mol. The van der Waals surface area contributed by atoms with Crippen molar-refractivity contribution in [3.8, 4) is 5.75 Å². The molecule has 0 spiro atoms. The van der Waals surface area contributed by atoms with E-state index in [9.17, 15) is 0 Å². The van der Waals surface area contributed by atoms with Crippen molar-refractivity contribution in [3.05, 3.63) is 23.8 Å². The lowest BCUT2D eigenvalue weighted by atomic mass is 10.0. The molecular formula is C17H28N2O2. The van der Waals surface area contributed by atoms with E-state index in [-0.39, 0.29) is 6.04 Å². The van der Waals surface area contributed by atoms with Crippen molar-refractivity contribution >= 4 is 5.69 Å². The van der Waals surface area contributed by atoms with Crippen LogP contribution < -0.4 is 15.0 Å². The van der Waals surface area contributed by atoms with Gasteiger partial charge in [-0.3, -0.25) is 0 Å². The summed E-state index contributed by atoms with van der Waals surface area (Å²) in [6, 6.07) is 6.62. The molecule has 0 saturated carbocycles. The standard InChI is InChI=1S/C17H28N2O2/c1-5-18-13(2)17-15(7-6-8-16(17)21-4)19-11-9-14(20-3)10-12-19/h6-8,13-14,18H,5,9-12H2,1-4H3. The molecule has 1 aliphatic heterocycles. The first-order valence-electron chi connectivity index (χ1n) is 7.89. The molecule has 21 heavy (non-hydrogen) atoms.